The Balaban J connectivity index is 2.96. The van der Waals surface area contributed by atoms with Gasteiger partial charge in [0.25, 0.3) is 0 Å². The summed E-state index contributed by atoms with van der Waals surface area (Å²) in [6.45, 7) is 7.40. The fraction of sp³-hybridized carbons (Fsp3) is 0.500. The molecule has 0 aromatic heterocycles. The molecule has 0 atom stereocenters. The first-order valence-corrected chi connectivity index (χ1v) is 6.74. The second kappa shape index (κ2) is 6.07. The van der Waals surface area contributed by atoms with Crippen LogP contribution in [0.5, 0.6) is 0 Å². The highest BCUT2D eigenvalue weighted by molar-refractivity contribution is 5.97. The van der Waals surface area contributed by atoms with Crippen molar-refractivity contribution in [3.8, 4) is 0 Å². The van der Waals surface area contributed by atoms with Crippen LogP contribution in [0.1, 0.15) is 49.8 Å². The van der Waals surface area contributed by atoms with Crippen molar-refractivity contribution >= 4 is 11.9 Å². The Morgan fingerprint density at radius 3 is 2.20 bits per heavy atom. The third-order valence-electron chi connectivity index (χ3n) is 3.88. The molecule has 0 radical (unpaired) electrons. The molecule has 0 aliphatic heterocycles. The Hall–Kier alpha value is -1.84. The molecular weight excluding hydrogens is 256 g/mol. The molecule has 0 fully saturated rings. The van der Waals surface area contributed by atoms with Gasteiger partial charge in [0.15, 0.2) is 5.41 Å². The second-order valence-corrected chi connectivity index (χ2v) is 5.78. The van der Waals surface area contributed by atoms with Gasteiger partial charge in [-0.1, -0.05) is 32.0 Å². The number of carboxylic acids is 2. The van der Waals surface area contributed by atoms with E-state index < -0.39 is 17.4 Å². The molecule has 0 aliphatic rings. The maximum Gasteiger partial charge on any atom is 0.320 e. The van der Waals surface area contributed by atoms with Crippen molar-refractivity contribution in [2.45, 2.75) is 46.5 Å². The third kappa shape index (κ3) is 3.38. The number of aryl methyl sites for hydroxylation is 2. The van der Waals surface area contributed by atoms with E-state index in [1.165, 1.54) is 12.5 Å². The standard InChI is InChI=1S/C16H22O4/c1-10(2)12-6-5-11(3)13(9-12)7-8-16(4,14(17)18)15(19)20/h5-6,9-10H,7-8H2,1-4H3,(H,17,18)(H,19,20). The number of carbonyl (C=O) groups is 2. The molecular formula is C16H22O4. The van der Waals surface area contributed by atoms with E-state index >= 15 is 0 Å². The van der Waals surface area contributed by atoms with Gasteiger partial charge in [-0.25, -0.2) is 0 Å². The molecule has 0 bridgehead atoms. The Labute approximate surface area is 119 Å². The monoisotopic (exact) mass is 278 g/mol. The minimum Gasteiger partial charge on any atom is -0.480 e. The van der Waals surface area contributed by atoms with Crippen LogP contribution in [0.2, 0.25) is 0 Å². The van der Waals surface area contributed by atoms with E-state index in [1.807, 2.05) is 19.1 Å². The quantitative estimate of drug-likeness (QED) is 0.783. The van der Waals surface area contributed by atoms with Crippen LogP contribution in [0.3, 0.4) is 0 Å². The lowest BCUT2D eigenvalue weighted by Gasteiger charge is -2.20. The molecule has 0 heterocycles. The first-order chi connectivity index (χ1) is 9.18. The molecule has 1 aromatic rings. The molecule has 0 aliphatic carbocycles. The van der Waals surface area contributed by atoms with Crippen LogP contribution < -0.4 is 0 Å². The Kier molecular flexibility index (Phi) is 4.93. The van der Waals surface area contributed by atoms with Gasteiger partial charge < -0.3 is 10.2 Å². The molecule has 0 saturated carbocycles. The van der Waals surface area contributed by atoms with Crippen LogP contribution in [0, 0.1) is 12.3 Å². The van der Waals surface area contributed by atoms with E-state index in [1.54, 1.807) is 0 Å². The lowest BCUT2D eigenvalue weighted by Crippen LogP contribution is -2.36. The smallest absolute Gasteiger partial charge is 0.320 e. The van der Waals surface area contributed by atoms with Crippen LogP contribution >= 0.6 is 0 Å². The minimum atomic E-state index is -1.74. The highest BCUT2D eigenvalue weighted by Gasteiger charge is 2.41. The number of hydrogen-bond donors (Lipinski definition) is 2. The van der Waals surface area contributed by atoms with E-state index in [4.69, 9.17) is 10.2 Å². The molecule has 1 rings (SSSR count). The summed E-state index contributed by atoms with van der Waals surface area (Å²) in [4.78, 5) is 22.3. The fourth-order valence-corrected chi connectivity index (χ4v) is 2.01. The van der Waals surface area contributed by atoms with Gasteiger partial charge >= 0.3 is 11.9 Å². The van der Waals surface area contributed by atoms with Gasteiger partial charge in [0, 0.05) is 0 Å². The van der Waals surface area contributed by atoms with E-state index in [9.17, 15) is 9.59 Å². The van der Waals surface area contributed by atoms with Gasteiger partial charge in [-0.15, -0.1) is 0 Å². The Morgan fingerprint density at radius 1 is 1.20 bits per heavy atom. The molecule has 1 aromatic carbocycles. The predicted octanol–water partition coefficient (Wildman–Crippen LogP) is 3.23. The number of carboxylic acid groups (broad SMARTS) is 2. The minimum absolute atomic E-state index is 0.0834. The second-order valence-electron chi connectivity index (χ2n) is 5.78. The van der Waals surface area contributed by atoms with Gasteiger partial charge in [0.05, 0.1) is 0 Å². The van der Waals surface area contributed by atoms with Crippen LogP contribution in [0.4, 0.5) is 0 Å². The zero-order valence-corrected chi connectivity index (χ0v) is 12.4. The van der Waals surface area contributed by atoms with Gasteiger partial charge in [0.2, 0.25) is 0 Å². The summed E-state index contributed by atoms with van der Waals surface area (Å²) in [7, 11) is 0. The highest BCUT2D eigenvalue weighted by atomic mass is 16.4. The SMILES string of the molecule is Cc1ccc(C(C)C)cc1CCC(C)(C(=O)O)C(=O)O. The van der Waals surface area contributed by atoms with Gasteiger partial charge in [-0.3, -0.25) is 9.59 Å². The van der Waals surface area contributed by atoms with Gasteiger partial charge in [-0.2, -0.15) is 0 Å². The van der Waals surface area contributed by atoms with Crippen LogP contribution in [0.15, 0.2) is 18.2 Å². The Bertz CT molecular complexity index is 503. The number of aliphatic carboxylic acids is 2. The van der Waals surface area contributed by atoms with Crippen molar-refractivity contribution in [3.05, 3.63) is 34.9 Å². The summed E-state index contributed by atoms with van der Waals surface area (Å²) in [5.74, 6) is -2.19. The largest absolute Gasteiger partial charge is 0.480 e. The van der Waals surface area contributed by atoms with Crippen LogP contribution in [-0.2, 0) is 16.0 Å². The van der Waals surface area contributed by atoms with Crippen molar-refractivity contribution in [1.29, 1.82) is 0 Å². The van der Waals surface area contributed by atoms with Gasteiger partial charge in [-0.05, 0) is 49.3 Å². The molecule has 4 heteroatoms. The van der Waals surface area contributed by atoms with E-state index in [0.717, 1.165) is 11.1 Å². The van der Waals surface area contributed by atoms with E-state index in [2.05, 4.69) is 19.9 Å². The van der Waals surface area contributed by atoms with Crippen molar-refractivity contribution < 1.29 is 19.8 Å². The predicted molar refractivity (Wildman–Crippen MR) is 77.0 cm³/mol. The van der Waals surface area contributed by atoms with Crippen molar-refractivity contribution in [3.63, 3.8) is 0 Å². The molecule has 110 valence electrons. The lowest BCUT2D eigenvalue weighted by molar-refractivity contribution is -0.163. The molecule has 4 nitrogen and oxygen atoms in total. The van der Waals surface area contributed by atoms with Crippen LogP contribution in [-0.4, -0.2) is 22.2 Å². The van der Waals surface area contributed by atoms with E-state index in [-0.39, 0.29) is 6.42 Å². The number of hydrogen-bond acceptors (Lipinski definition) is 2. The molecule has 2 N–H and O–H groups in total. The van der Waals surface area contributed by atoms with Crippen molar-refractivity contribution in [1.82, 2.24) is 0 Å². The number of rotatable bonds is 6. The maximum absolute atomic E-state index is 11.2. The zero-order valence-electron chi connectivity index (χ0n) is 12.4. The van der Waals surface area contributed by atoms with Gasteiger partial charge in [0.1, 0.15) is 0 Å². The van der Waals surface area contributed by atoms with Crippen LogP contribution in [0.25, 0.3) is 0 Å². The fourth-order valence-electron chi connectivity index (χ4n) is 2.01. The average molecular weight is 278 g/mol. The molecule has 20 heavy (non-hydrogen) atoms. The third-order valence-corrected chi connectivity index (χ3v) is 3.88. The molecule has 0 spiro atoms. The summed E-state index contributed by atoms with van der Waals surface area (Å²) in [5, 5.41) is 18.2. The molecule has 0 amide bonds. The Morgan fingerprint density at radius 2 is 1.75 bits per heavy atom. The summed E-state index contributed by atoms with van der Waals surface area (Å²) in [5.41, 5.74) is 1.52. The maximum atomic E-state index is 11.2. The first-order valence-electron chi connectivity index (χ1n) is 6.74. The van der Waals surface area contributed by atoms with E-state index in [0.29, 0.717) is 12.3 Å². The first kappa shape index (κ1) is 16.2. The normalized spacial score (nSPS) is 11.7. The average Bonchev–Trinajstić information content (AvgIpc) is 2.36. The zero-order chi connectivity index (χ0) is 15.5. The summed E-state index contributed by atoms with van der Waals surface area (Å²) >= 11 is 0. The topological polar surface area (TPSA) is 74.6 Å². The van der Waals surface area contributed by atoms with Crippen molar-refractivity contribution in [2.75, 3.05) is 0 Å². The summed E-state index contributed by atoms with van der Waals surface area (Å²) < 4.78 is 0. The lowest BCUT2D eigenvalue weighted by atomic mass is 9.83. The van der Waals surface area contributed by atoms with Crippen molar-refractivity contribution in [2.24, 2.45) is 5.41 Å². The number of benzene rings is 1. The summed E-state index contributed by atoms with van der Waals surface area (Å²) in [6, 6.07) is 6.10. The highest BCUT2D eigenvalue weighted by Crippen LogP contribution is 2.27. The molecule has 0 unspecified atom stereocenters. The molecule has 0 saturated heterocycles. The summed E-state index contributed by atoms with van der Waals surface area (Å²) in [6.07, 6.45) is 0.529.